The van der Waals surface area contributed by atoms with Crippen LogP contribution in [0.15, 0.2) is 18.3 Å². The number of aromatic nitrogens is 1. The van der Waals surface area contributed by atoms with Gasteiger partial charge in [-0.25, -0.2) is 4.98 Å². The predicted octanol–water partition coefficient (Wildman–Crippen LogP) is 2.51. The smallest absolute Gasteiger partial charge is 0.128 e. The van der Waals surface area contributed by atoms with Crippen LogP contribution < -0.4 is 4.90 Å². The maximum absolute atomic E-state index is 5.84. The lowest BCUT2D eigenvalue weighted by atomic mass is 9.97. The highest BCUT2D eigenvalue weighted by Gasteiger charge is 2.18. The number of pyridine rings is 1. The second-order valence-electron chi connectivity index (χ2n) is 4.96. The number of anilines is 1. The highest BCUT2D eigenvalue weighted by Crippen LogP contribution is 2.20. The Morgan fingerprint density at radius 2 is 2.12 bits per heavy atom. The molecule has 3 nitrogen and oxygen atoms in total. The minimum absolute atomic E-state index is 0.696. The zero-order valence-corrected chi connectivity index (χ0v) is 11.3. The minimum atomic E-state index is 0.696. The molecule has 0 unspecified atom stereocenters. The van der Waals surface area contributed by atoms with Crippen LogP contribution in [0.4, 0.5) is 5.82 Å². The Labute approximate surface area is 108 Å². The van der Waals surface area contributed by atoms with Gasteiger partial charge in [-0.15, -0.1) is 0 Å². The Morgan fingerprint density at radius 1 is 1.41 bits per heavy atom. The van der Waals surface area contributed by atoms with E-state index in [1.54, 1.807) is 6.20 Å². The van der Waals surface area contributed by atoms with E-state index >= 15 is 0 Å². The number of likely N-dealkylation sites (tertiary alicyclic amines) is 1. The summed E-state index contributed by atoms with van der Waals surface area (Å²) in [5, 5.41) is 0.696. The van der Waals surface area contributed by atoms with E-state index in [2.05, 4.69) is 28.9 Å². The minimum Gasteiger partial charge on any atom is -0.359 e. The zero-order chi connectivity index (χ0) is 12.3. The summed E-state index contributed by atoms with van der Waals surface area (Å²) in [7, 11) is 4.30. The Kier molecular flexibility index (Phi) is 4.24. The van der Waals surface area contributed by atoms with Crippen molar-refractivity contribution in [3.63, 3.8) is 0 Å². The number of rotatable bonds is 3. The summed E-state index contributed by atoms with van der Waals surface area (Å²) in [5.74, 6) is 1.79. The van der Waals surface area contributed by atoms with Gasteiger partial charge in [-0.05, 0) is 51.0 Å². The first-order valence-corrected chi connectivity index (χ1v) is 6.54. The summed E-state index contributed by atoms with van der Waals surface area (Å²) in [5.41, 5.74) is 0. The maximum Gasteiger partial charge on any atom is 0.128 e. The molecule has 0 spiro atoms. The van der Waals surface area contributed by atoms with E-state index in [9.17, 15) is 0 Å². The molecule has 1 aromatic rings. The van der Waals surface area contributed by atoms with E-state index in [0.717, 1.165) is 18.3 Å². The highest BCUT2D eigenvalue weighted by atomic mass is 35.5. The summed E-state index contributed by atoms with van der Waals surface area (Å²) in [6.45, 7) is 3.52. The lowest BCUT2D eigenvalue weighted by Crippen LogP contribution is -2.35. The lowest BCUT2D eigenvalue weighted by molar-refractivity contribution is 0.222. The Morgan fingerprint density at radius 3 is 2.71 bits per heavy atom. The third kappa shape index (κ3) is 3.58. The van der Waals surface area contributed by atoms with Crippen LogP contribution in [0.3, 0.4) is 0 Å². The van der Waals surface area contributed by atoms with Crippen LogP contribution in [-0.2, 0) is 0 Å². The molecule has 4 heteroatoms. The molecule has 0 saturated carbocycles. The van der Waals surface area contributed by atoms with Crippen molar-refractivity contribution in [2.45, 2.75) is 12.8 Å². The van der Waals surface area contributed by atoms with E-state index in [4.69, 9.17) is 11.6 Å². The maximum atomic E-state index is 5.84. The average Bonchev–Trinajstić information content (AvgIpc) is 2.33. The summed E-state index contributed by atoms with van der Waals surface area (Å²) in [4.78, 5) is 8.97. The summed E-state index contributed by atoms with van der Waals surface area (Å²) in [6.07, 6.45) is 4.28. The molecule has 0 atom stereocenters. The number of hydrogen-bond acceptors (Lipinski definition) is 3. The molecule has 1 fully saturated rings. The first-order chi connectivity index (χ1) is 8.15. The predicted molar refractivity (Wildman–Crippen MR) is 72.7 cm³/mol. The number of piperidine rings is 1. The SMILES string of the molecule is CN1CCC(CN(C)c2ccc(Cl)cn2)CC1. The fraction of sp³-hybridized carbons (Fsp3) is 0.615. The van der Waals surface area contributed by atoms with Crippen molar-refractivity contribution in [2.75, 3.05) is 38.6 Å². The molecule has 0 N–H and O–H groups in total. The molecule has 1 aliphatic heterocycles. The van der Waals surface area contributed by atoms with Gasteiger partial charge in [-0.3, -0.25) is 0 Å². The molecule has 0 aromatic carbocycles. The van der Waals surface area contributed by atoms with Crippen LogP contribution in [-0.4, -0.2) is 43.6 Å². The van der Waals surface area contributed by atoms with Crippen LogP contribution in [0, 0.1) is 5.92 Å². The third-order valence-corrected chi connectivity index (χ3v) is 3.70. The van der Waals surface area contributed by atoms with Gasteiger partial charge in [0.1, 0.15) is 5.82 Å². The Balaban J connectivity index is 1.88. The van der Waals surface area contributed by atoms with E-state index in [0.29, 0.717) is 5.02 Å². The Bertz CT molecular complexity index is 344. The molecule has 2 heterocycles. The van der Waals surface area contributed by atoms with Gasteiger partial charge >= 0.3 is 0 Å². The number of halogens is 1. The van der Waals surface area contributed by atoms with Gasteiger partial charge in [-0.1, -0.05) is 11.6 Å². The first-order valence-electron chi connectivity index (χ1n) is 6.16. The fourth-order valence-electron chi connectivity index (χ4n) is 2.32. The summed E-state index contributed by atoms with van der Waals surface area (Å²) in [6, 6.07) is 3.88. The standard InChI is InChI=1S/C13H20ClN3/c1-16-7-5-11(6-8-16)10-17(2)13-4-3-12(14)9-15-13/h3-4,9,11H,5-8,10H2,1-2H3. The van der Waals surface area contributed by atoms with Crippen LogP contribution in [0.1, 0.15) is 12.8 Å². The first kappa shape index (κ1) is 12.7. The molecule has 0 aliphatic carbocycles. The third-order valence-electron chi connectivity index (χ3n) is 3.47. The highest BCUT2D eigenvalue weighted by molar-refractivity contribution is 6.30. The van der Waals surface area contributed by atoms with Gasteiger partial charge in [0.15, 0.2) is 0 Å². The molecule has 0 radical (unpaired) electrons. The van der Waals surface area contributed by atoms with E-state index in [-0.39, 0.29) is 0 Å². The van der Waals surface area contributed by atoms with Crippen LogP contribution >= 0.6 is 11.6 Å². The van der Waals surface area contributed by atoms with Crippen molar-refractivity contribution in [1.82, 2.24) is 9.88 Å². The van der Waals surface area contributed by atoms with E-state index in [1.165, 1.54) is 25.9 Å². The molecule has 1 aromatic heterocycles. The lowest BCUT2D eigenvalue weighted by Gasteiger charge is -2.32. The normalized spacial score (nSPS) is 18.3. The molecule has 1 saturated heterocycles. The van der Waals surface area contributed by atoms with Gasteiger partial charge in [0.05, 0.1) is 5.02 Å². The molecular formula is C13H20ClN3. The Hall–Kier alpha value is -0.800. The number of hydrogen-bond donors (Lipinski definition) is 0. The fourth-order valence-corrected chi connectivity index (χ4v) is 2.43. The largest absolute Gasteiger partial charge is 0.359 e. The molecule has 1 aliphatic rings. The average molecular weight is 254 g/mol. The monoisotopic (exact) mass is 253 g/mol. The quantitative estimate of drug-likeness (QED) is 0.825. The molecule has 0 amide bonds. The van der Waals surface area contributed by atoms with Gasteiger partial charge in [0.25, 0.3) is 0 Å². The molecular weight excluding hydrogens is 234 g/mol. The number of nitrogens with zero attached hydrogens (tertiary/aromatic N) is 3. The van der Waals surface area contributed by atoms with Crippen molar-refractivity contribution < 1.29 is 0 Å². The second-order valence-corrected chi connectivity index (χ2v) is 5.40. The topological polar surface area (TPSA) is 19.4 Å². The molecule has 2 rings (SSSR count). The van der Waals surface area contributed by atoms with Crippen LogP contribution in [0.2, 0.25) is 5.02 Å². The molecule has 0 bridgehead atoms. The van der Waals surface area contributed by atoms with Crippen LogP contribution in [0.25, 0.3) is 0 Å². The van der Waals surface area contributed by atoms with Crippen molar-refractivity contribution in [3.8, 4) is 0 Å². The summed E-state index contributed by atoms with van der Waals surface area (Å²) >= 11 is 5.84. The second kappa shape index (κ2) is 5.69. The van der Waals surface area contributed by atoms with Crippen molar-refractivity contribution in [3.05, 3.63) is 23.4 Å². The molecule has 94 valence electrons. The van der Waals surface area contributed by atoms with Gasteiger partial charge < -0.3 is 9.80 Å². The summed E-state index contributed by atoms with van der Waals surface area (Å²) < 4.78 is 0. The van der Waals surface area contributed by atoms with Crippen LogP contribution in [0.5, 0.6) is 0 Å². The zero-order valence-electron chi connectivity index (χ0n) is 10.6. The van der Waals surface area contributed by atoms with Gasteiger partial charge in [-0.2, -0.15) is 0 Å². The van der Waals surface area contributed by atoms with Gasteiger partial charge in [0, 0.05) is 19.8 Å². The molecule has 17 heavy (non-hydrogen) atoms. The van der Waals surface area contributed by atoms with E-state index in [1.807, 2.05) is 12.1 Å². The van der Waals surface area contributed by atoms with Gasteiger partial charge in [0.2, 0.25) is 0 Å². The van der Waals surface area contributed by atoms with Crippen molar-refractivity contribution in [1.29, 1.82) is 0 Å². The van der Waals surface area contributed by atoms with Crippen molar-refractivity contribution in [2.24, 2.45) is 5.92 Å². The van der Waals surface area contributed by atoms with Crippen molar-refractivity contribution >= 4 is 17.4 Å². The van der Waals surface area contributed by atoms with E-state index < -0.39 is 0 Å².